The highest BCUT2D eigenvalue weighted by atomic mass is 16.5. The lowest BCUT2D eigenvalue weighted by atomic mass is 10.1. The minimum atomic E-state index is 0.394. The summed E-state index contributed by atoms with van der Waals surface area (Å²) >= 11 is 0. The Morgan fingerprint density at radius 2 is 1.78 bits per heavy atom. The summed E-state index contributed by atoms with van der Waals surface area (Å²) in [7, 11) is 3.73. The first-order valence-corrected chi connectivity index (χ1v) is 6.63. The van der Waals surface area contributed by atoms with Gasteiger partial charge in [0, 0.05) is 31.4 Å². The van der Waals surface area contributed by atoms with Crippen LogP contribution in [0, 0.1) is 0 Å². The molecule has 0 fully saturated rings. The molecule has 0 amide bonds. The van der Waals surface area contributed by atoms with Crippen LogP contribution in [0.2, 0.25) is 0 Å². The van der Waals surface area contributed by atoms with Crippen molar-refractivity contribution in [2.24, 2.45) is 0 Å². The van der Waals surface area contributed by atoms with Gasteiger partial charge in [0.25, 0.3) is 0 Å². The number of benzene rings is 1. The predicted molar refractivity (Wildman–Crippen MR) is 78.3 cm³/mol. The molecule has 1 N–H and O–H groups in total. The molecule has 3 nitrogen and oxygen atoms in total. The van der Waals surface area contributed by atoms with Gasteiger partial charge in [0.15, 0.2) is 0 Å². The Kier molecular flexibility index (Phi) is 6.16. The van der Waals surface area contributed by atoms with Crippen molar-refractivity contribution in [3.05, 3.63) is 29.8 Å². The SMILES string of the molecule is CNC(C)c1ccc(N(CCOC)C(C)C)cc1. The summed E-state index contributed by atoms with van der Waals surface area (Å²) in [4.78, 5) is 2.36. The normalized spacial score (nSPS) is 12.8. The van der Waals surface area contributed by atoms with Gasteiger partial charge in [-0.05, 0) is 45.5 Å². The monoisotopic (exact) mass is 250 g/mol. The van der Waals surface area contributed by atoms with Crippen LogP contribution in [0.1, 0.15) is 32.4 Å². The lowest BCUT2D eigenvalue weighted by Crippen LogP contribution is -2.33. The molecule has 18 heavy (non-hydrogen) atoms. The Hall–Kier alpha value is -1.06. The molecule has 1 aromatic carbocycles. The molecule has 0 aliphatic carbocycles. The van der Waals surface area contributed by atoms with Crippen molar-refractivity contribution in [1.82, 2.24) is 5.32 Å². The molecule has 1 atom stereocenters. The van der Waals surface area contributed by atoms with Gasteiger partial charge >= 0.3 is 0 Å². The van der Waals surface area contributed by atoms with Crippen molar-refractivity contribution in [2.45, 2.75) is 32.9 Å². The molecule has 0 aliphatic rings. The second kappa shape index (κ2) is 7.39. The summed E-state index contributed by atoms with van der Waals surface area (Å²) < 4.78 is 5.17. The third-order valence-corrected chi connectivity index (χ3v) is 3.32. The van der Waals surface area contributed by atoms with E-state index >= 15 is 0 Å². The maximum atomic E-state index is 5.17. The maximum absolute atomic E-state index is 5.17. The Labute approximate surface area is 111 Å². The van der Waals surface area contributed by atoms with Crippen LogP contribution in [0.3, 0.4) is 0 Å². The average Bonchev–Trinajstić information content (AvgIpc) is 2.38. The number of hydrogen-bond donors (Lipinski definition) is 1. The first kappa shape index (κ1) is 15.0. The second-order valence-corrected chi connectivity index (χ2v) is 4.88. The number of nitrogens with one attached hydrogen (secondary N) is 1. The molecule has 1 aromatic rings. The highest BCUT2D eigenvalue weighted by molar-refractivity contribution is 5.48. The predicted octanol–water partition coefficient (Wildman–Crippen LogP) is 2.83. The molecule has 0 heterocycles. The molecule has 3 heteroatoms. The van der Waals surface area contributed by atoms with Crippen molar-refractivity contribution < 1.29 is 4.74 Å². The number of anilines is 1. The third kappa shape index (κ3) is 4.00. The van der Waals surface area contributed by atoms with E-state index in [1.54, 1.807) is 7.11 Å². The van der Waals surface area contributed by atoms with Crippen molar-refractivity contribution in [3.8, 4) is 0 Å². The van der Waals surface area contributed by atoms with Gasteiger partial charge in [-0.3, -0.25) is 0 Å². The van der Waals surface area contributed by atoms with Crippen molar-refractivity contribution in [2.75, 3.05) is 32.2 Å². The Bertz CT molecular complexity index is 335. The van der Waals surface area contributed by atoms with Crippen LogP contribution in [0.5, 0.6) is 0 Å². The molecule has 102 valence electrons. The summed E-state index contributed by atoms with van der Waals surface area (Å²) in [6, 6.07) is 9.65. The standard InChI is InChI=1S/C15H26N2O/c1-12(2)17(10-11-18-5)15-8-6-14(7-9-15)13(3)16-4/h6-9,12-13,16H,10-11H2,1-5H3. The van der Waals surface area contributed by atoms with E-state index in [9.17, 15) is 0 Å². The van der Waals surface area contributed by atoms with Crippen LogP contribution in [0.15, 0.2) is 24.3 Å². The van der Waals surface area contributed by atoms with Gasteiger partial charge < -0.3 is 15.0 Å². The van der Waals surface area contributed by atoms with E-state index in [4.69, 9.17) is 4.74 Å². The highest BCUT2D eigenvalue weighted by Gasteiger charge is 2.10. The molecular formula is C15H26N2O. The van der Waals surface area contributed by atoms with Crippen molar-refractivity contribution in [1.29, 1.82) is 0 Å². The molecule has 0 spiro atoms. The van der Waals surface area contributed by atoms with Crippen LogP contribution in [-0.4, -0.2) is 33.4 Å². The largest absolute Gasteiger partial charge is 0.383 e. The molecule has 1 rings (SSSR count). The van der Waals surface area contributed by atoms with Crippen LogP contribution in [0.4, 0.5) is 5.69 Å². The zero-order valence-electron chi connectivity index (χ0n) is 12.2. The number of hydrogen-bond acceptors (Lipinski definition) is 3. The fourth-order valence-corrected chi connectivity index (χ4v) is 2.00. The minimum Gasteiger partial charge on any atom is -0.383 e. The molecule has 0 aliphatic heterocycles. The zero-order valence-corrected chi connectivity index (χ0v) is 12.2. The number of ether oxygens (including phenoxy) is 1. The van der Waals surface area contributed by atoms with Crippen LogP contribution in [-0.2, 0) is 4.74 Å². The Balaban J connectivity index is 2.80. The van der Waals surface area contributed by atoms with Gasteiger partial charge in [0.1, 0.15) is 0 Å². The number of methoxy groups -OCH3 is 1. The molecule has 0 aromatic heterocycles. The van der Waals surface area contributed by atoms with E-state index in [1.165, 1.54) is 11.3 Å². The highest BCUT2D eigenvalue weighted by Crippen LogP contribution is 2.20. The van der Waals surface area contributed by atoms with Gasteiger partial charge in [-0.1, -0.05) is 12.1 Å². The van der Waals surface area contributed by atoms with Gasteiger partial charge in [-0.15, -0.1) is 0 Å². The van der Waals surface area contributed by atoms with Gasteiger partial charge in [0.05, 0.1) is 6.61 Å². The average molecular weight is 250 g/mol. The van der Waals surface area contributed by atoms with E-state index in [0.29, 0.717) is 12.1 Å². The summed E-state index contributed by atoms with van der Waals surface area (Å²) in [5.41, 5.74) is 2.57. The fraction of sp³-hybridized carbons (Fsp3) is 0.600. The van der Waals surface area contributed by atoms with E-state index in [2.05, 4.69) is 55.3 Å². The zero-order chi connectivity index (χ0) is 13.5. The first-order chi connectivity index (χ1) is 8.60. The summed E-state index contributed by atoms with van der Waals surface area (Å²) in [6.45, 7) is 8.27. The topological polar surface area (TPSA) is 24.5 Å². The van der Waals surface area contributed by atoms with Crippen LogP contribution in [0.25, 0.3) is 0 Å². The molecule has 0 saturated heterocycles. The summed E-state index contributed by atoms with van der Waals surface area (Å²) in [5, 5.41) is 3.25. The van der Waals surface area contributed by atoms with Gasteiger partial charge in [-0.25, -0.2) is 0 Å². The van der Waals surface area contributed by atoms with E-state index < -0.39 is 0 Å². The van der Waals surface area contributed by atoms with Gasteiger partial charge in [0.2, 0.25) is 0 Å². The molecule has 0 saturated carbocycles. The first-order valence-electron chi connectivity index (χ1n) is 6.63. The van der Waals surface area contributed by atoms with E-state index in [-0.39, 0.29) is 0 Å². The minimum absolute atomic E-state index is 0.394. The smallest absolute Gasteiger partial charge is 0.0637 e. The molecule has 0 bridgehead atoms. The van der Waals surface area contributed by atoms with Crippen molar-refractivity contribution in [3.63, 3.8) is 0 Å². The Morgan fingerprint density at radius 3 is 2.22 bits per heavy atom. The molecule has 1 unspecified atom stereocenters. The van der Waals surface area contributed by atoms with Gasteiger partial charge in [-0.2, -0.15) is 0 Å². The van der Waals surface area contributed by atoms with Crippen LogP contribution < -0.4 is 10.2 Å². The van der Waals surface area contributed by atoms with Crippen LogP contribution >= 0.6 is 0 Å². The number of rotatable bonds is 7. The van der Waals surface area contributed by atoms with E-state index in [1.807, 2.05) is 7.05 Å². The fourth-order valence-electron chi connectivity index (χ4n) is 2.00. The number of nitrogens with zero attached hydrogens (tertiary/aromatic N) is 1. The second-order valence-electron chi connectivity index (χ2n) is 4.88. The third-order valence-electron chi connectivity index (χ3n) is 3.32. The molecule has 0 radical (unpaired) electrons. The molecular weight excluding hydrogens is 224 g/mol. The lowest BCUT2D eigenvalue weighted by molar-refractivity contribution is 0.204. The Morgan fingerprint density at radius 1 is 1.17 bits per heavy atom. The lowest BCUT2D eigenvalue weighted by Gasteiger charge is -2.29. The van der Waals surface area contributed by atoms with Crippen molar-refractivity contribution >= 4 is 5.69 Å². The van der Waals surface area contributed by atoms with E-state index in [0.717, 1.165) is 13.2 Å². The summed E-state index contributed by atoms with van der Waals surface area (Å²) in [6.07, 6.45) is 0. The quantitative estimate of drug-likeness (QED) is 0.805. The summed E-state index contributed by atoms with van der Waals surface area (Å²) in [5.74, 6) is 0. The maximum Gasteiger partial charge on any atom is 0.0637 e.